The second-order valence-corrected chi connectivity index (χ2v) is 2.86. The van der Waals surface area contributed by atoms with Gasteiger partial charge in [0.05, 0.1) is 6.42 Å². The van der Waals surface area contributed by atoms with Crippen molar-refractivity contribution in [1.29, 1.82) is 0 Å². The summed E-state index contributed by atoms with van der Waals surface area (Å²) in [5, 5.41) is 1.63. The van der Waals surface area contributed by atoms with Gasteiger partial charge in [-0.25, -0.2) is 0 Å². The largest absolute Gasteiger partial charge is 0.405 e. The predicted octanol–water partition coefficient (Wildman–Crippen LogP) is 1.42. The van der Waals surface area contributed by atoms with E-state index in [4.69, 9.17) is 0 Å². The average Bonchev–Trinajstić information content (AvgIpc) is 2.00. The van der Waals surface area contributed by atoms with Crippen molar-refractivity contribution in [2.24, 2.45) is 0 Å². The summed E-state index contributed by atoms with van der Waals surface area (Å²) in [5.41, 5.74) is 0. The summed E-state index contributed by atoms with van der Waals surface area (Å²) in [7, 11) is 0. The molecule has 0 atom stereocenters. The fraction of sp³-hybridized carbons (Fsp3) is 0.750. The molecule has 0 spiro atoms. The molecule has 1 N–H and O–H groups in total. The first-order valence-corrected chi connectivity index (χ1v) is 4.20. The van der Waals surface area contributed by atoms with Crippen LogP contribution in [0, 0.1) is 0 Å². The number of ketones is 1. The maximum absolute atomic E-state index is 11.6. The Morgan fingerprint density at radius 2 is 1.86 bits per heavy atom. The van der Waals surface area contributed by atoms with Crippen LogP contribution in [0.4, 0.5) is 13.2 Å². The van der Waals surface area contributed by atoms with Gasteiger partial charge < -0.3 is 5.32 Å². The van der Waals surface area contributed by atoms with Crippen LogP contribution in [-0.2, 0) is 9.59 Å². The Labute approximate surface area is 79.7 Å². The van der Waals surface area contributed by atoms with Crippen molar-refractivity contribution < 1.29 is 22.8 Å². The second-order valence-electron chi connectivity index (χ2n) is 2.86. The number of carbonyl (C=O) groups excluding carboxylic acids is 2. The maximum Gasteiger partial charge on any atom is 0.405 e. The molecule has 1 amide bonds. The molecule has 0 aromatic carbocycles. The van der Waals surface area contributed by atoms with Gasteiger partial charge in [-0.15, -0.1) is 0 Å². The molecule has 0 aromatic heterocycles. The molecule has 0 heterocycles. The van der Waals surface area contributed by atoms with Crippen LogP contribution in [0.2, 0.25) is 0 Å². The first-order valence-electron chi connectivity index (χ1n) is 4.20. The number of halogens is 3. The van der Waals surface area contributed by atoms with Crippen molar-refractivity contribution in [3.8, 4) is 0 Å². The van der Waals surface area contributed by atoms with Crippen LogP contribution >= 0.6 is 0 Å². The fourth-order valence-electron chi connectivity index (χ4n) is 0.808. The van der Waals surface area contributed by atoms with Crippen molar-refractivity contribution in [2.75, 3.05) is 6.54 Å². The van der Waals surface area contributed by atoms with E-state index in [2.05, 4.69) is 0 Å². The van der Waals surface area contributed by atoms with Gasteiger partial charge in [-0.1, -0.05) is 6.92 Å². The zero-order valence-electron chi connectivity index (χ0n) is 7.78. The van der Waals surface area contributed by atoms with Gasteiger partial charge in [-0.2, -0.15) is 13.2 Å². The van der Waals surface area contributed by atoms with Gasteiger partial charge in [-0.3, -0.25) is 9.59 Å². The lowest BCUT2D eigenvalue weighted by atomic mass is 10.2. The summed E-state index contributed by atoms with van der Waals surface area (Å²) in [5.74, 6) is -1.21. The average molecular weight is 211 g/mol. The second kappa shape index (κ2) is 5.62. The number of hydrogen-bond donors (Lipinski definition) is 1. The number of Topliss-reactive ketones (excluding diaryl/α,β-unsaturated/α-hetero) is 1. The van der Waals surface area contributed by atoms with Gasteiger partial charge in [0, 0.05) is 6.42 Å². The van der Waals surface area contributed by atoms with Crippen LogP contribution in [0.15, 0.2) is 0 Å². The fourth-order valence-corrected chi connectivity index (χ4v) is 0.808. The van der Waals surface area contributed by atoms with Crippen LogP contribution in [0.3, 0.4) is 0 Å². The SMILES string of the molecule is CCCC(=O)CC(=O)NCC(F)(F)F. The molecule has 0 aliphatic rings. The lowest BCUT2D eigenvalue weighted by molar-refractivity contribution is -0.140. The van der Waals surface area contributed by atoms with Crippen molar-refractivity contribution in [3.63, 3.8) is 0 Å². The van der Waals surface area contributed by atoms with Gasteiger partial charge in [0.25, 0.3) is 0 Å². The molecule has 82 valence electrons. The highest BCUT2D eigenvalue weighted by Crippen LogP contribution is 2.12. The summed E-state index contributed by atoms with van der Waals surface area (Å²) in [6, 6.07) is 0. The molecule has 6 heteroatoms. The normalized spacial score (nSPS) is 11.1. The number of amides is 1. The van der Waals surface area contributed by atoms with Gasteiger partial charge >= 0.3 is 6.18 Å². The van der Waals surface area contributed by atoms with Crippen molar-refractivity contribution in [2.45, 2.75) is 32.4 Å². The third-order valence-corrected chi connectivity index (χ3v) is 1.37. The Kier molecular flexibility index (Phi) is 5.19. The smallest absolute Gasteiger partial charge is 0.347 e. The Balaban J connectivity index is 3.71. The lowest BCUT2D eigenvalue weighted by Gasteiger charge is -2.07. The number of nitrogens with one attached hydrogen (secondary N) is 1. The third-order valence-electron chi connectivity index (χ3n) is 1.37. The zero-order valence-corrected chi connectivity index (χ0v) is 7.78. The molecule has 0 radical (unpaired) electrons. The predicted molar refractivity (Wildman–Crippen MR) is 43.6 cm³/mol. The molecule has 3 nitrogen and oxygen atoms in total. The molecular weight excluding hydrogens is 199 g/mol. The first-order chi connectivity index (χ1) is 6.35. The van der Waals surface area contributed by atoms with Crippen LogP contribution in [0.25, 0.3) is 0 Å². The van der Waals surface area contributed by atoms with E-state index in [0.717, 1.165) is 0 Å². The van der Waals surface area contributed by atoms with E-state index in [1.807, 2.05) is 0 Å². The summed E-state index contributed by atoms with van der Waals surface area (Å²) < 4.78 is 34.8. The lowest BCUT2D eigenvalue weighted by Crippen LogP contribution is -2.34. The van der Waals surface area contributed by atoms with Crippen LogP contribution in [0.1, 0.15) is 26.2 Å². The molecule has 0 unspecified atom stereocenters. The highest BCUT2D eigenvalue weighted by atomic mass is 19.4. The minimum atomic E-state index is -4.43. The van der Waals surface area contributed by atoms with Crippen LogP contribution in [-0.4, -0.2) is 24.4 Å². The van der Waals surface area contributed by atoms with E-state index in [1.165, 1.54) is 0 Å². The number of alkyl halides is 3. The number of carbonyl (C=O) groups is 2. The highest BCUT2D eigenvalue weighted by molar-refractivity contribution is 5.97. The molecular formula is C8H12F3NO2. The van der Waals surface area contributed by atoms with E-state index < -0.39 is 25.0 Å². The quantitative estimate of drug-likeness (QED) is 0.699. The molecule has 0 aromatic rings. The van der Waals surface area contributed by atoms with Crippen molar-refractivity contribution >= 4 is 11.7 Å². The van der Waals surface area contributed by atoms with Crippen molar-refractivity contribution in [1.82, 2.24) is 5.32 Å². The van der Waals surface area contributed by atoms with E-state index in [1.54, 1.807) is 12.2 Å². The minimum absolute atomic E-state index is 0.222. The highest BCUT2D eigenvalue weighted by Gasteiger charge is 2.27. The van der Waals surface area contributed by atoms with Gasteiger partial charge in [0.1, 0.15) is 12.3 Å². The standard InChI is InChI=1S/C8H12F3NO2/c1-2-3-6(13)4-7(14)12-5-8(9,10)11/h2-5H2,1H3,(H,12,14). The monoisotopic (exact) mass is 211 g/mol. The van der Waals surface area contributed by atoms with Gasteiger partial charge in [-0.05, 0) is 6.42 Å². The van der Waals surface area contributed by atoms with E-state index in [-0.39, 0.29) is 12.2 Å². The van der Waals surface area contributed by atoms with Crippen LogP contribution < -0.4 is 5.32 Å². The van der Waals surface area contributed by atoms with Gasteiger partial charge in [0.15, 0.2) is 0 Å². The van der Waals surface area contributed by atoms with Gasteiger partial charge in [0.2, 0.25) is 5.91 Å². The summed E-state index contributed by atoms with van der Waals surface area (Å²) in [4.78, 5) is 21.6. The Hall–Kier alpha value is -1.07. The molecule has 0 aliphatic carbocycles. The van der Waals surface area contributed by atoms with Crippen molar-refractivity contribution in [3.05, 3.63) is 0 Å². The molecule has 0 aliphatic heterocycles. The molecule has 14 heavy (non-hydrogen) atoms. The molecule has 0 bridgehead atoms. The molecule has 0 saturated heterocycles. The summed E-state index contributed by atoms with van der Waals surface area (Å²) >= 11 is 0. The van der Waals surface area contributed by atoms with E-state index in [9.17, 15) is 22.8 Å². The third kappa shape index (κ3) is 7.57. The maximum atomic E-state index is 11.6. The zero-order chi connectivity index (χ0) is 11.2. The van der Waals surface area contributed by atoms with E-state index in [0.29, 0.717) is 6.42 Å². The minimum Gasteiger partial charge on any atom is -0.347 e. The molecule has 0 fully saturated rings. The topological polar surface area (TPSA) is 46.2 Å². The Bertz CT molecular complexity index is 213. The Morgan fingerprint density at radius 1 is 1.29 bits per heavy atom. The number of hydrogen-bond acceptors (Lipinski definition) is 2. The molecule has 0 rings (SSSR count). The summed E-state index contributed by atoms with van der Waals surface area (Å²) in [6.07, 6.45) is -4.09. The number of rotatable bonds is 5. The van der Waals surface area contributed by atoms with Crippen LogP contribution in [0.5, 0.6) is 0 Å². The first kappa shape index (κ1) is 12.9. The Morgan fingerprint density at radius 3 is 2.29 bits per heavy atom. The summed E-state index contributed by atoms with van der Waals surface area (Å²) in [6.45, 7) is 0.372. The molecule has 0 saturated carbocycles. The van der Waals surface area contributed by atoms with E-state index >= 15 is 0 Å².